The molecular weight excluding hydrogens is 192 g/mol. The van der Waals surface area contributed by atoms with Crippen molar-refractivity contribution in [1.82, 2.24) is 0 Å². The molecule has 0 aliphatic carbocycles. The molecule has 0 aromatic heterocycles. The molecule has 0 saturated carbocycles. The van der Waals surface area contributed by atoms with Gasteiger partial charge in [0.05, 0.1) is 0 Å². The molecule has 2 unspecified atom stereocenters. The number of hydrogen-bond acceptors (Lipinski definition) is 2. The van der Waals surface area contributed by atoms with E-state index in [0.717, 1.165) is 6.42 Å². The van der Waals surface area contributed by atoms with E-state index in [1.165, 1.54) is 0 Å². The first-order valence-corrected chi connectivity index (χ1v) is 7.83. The van der Waals surface area contributed by atoms with E-state index in [1.807, 2.05) is 12.6 Å². The van der Waals surface area contributed by atoms with Crippen LogP contribution in [0.5, 0.6) is 0 Å². The highest BCUT2D eigenvalue weighted by Crippen LogP contribution is 2.18. The first-order valence-electron chi connectivity index (χ1n) is 5.44. The molecule has 0 radical (unpaired) electrons. The Balaban J connectivity index is 4.33. The highest BCUT2D eigenvalue weighted by atomic mass is 28.4. The largest absolute Gasteiger partial charge is 0.392 e. The monoisotopic (exact) mass is 216 g/mol. The van der Waals surface area contributed by atoms with Crippen LogP contribution in [0.25, 0.3) is 0 Å². The molecule has 0 rings (SSSR count). The van der Waals surface area contributed by atoms with Gasteiger partial charge in [-0.2, -0.15) is 0 Å². The first kappa shape index (κ1) is 13.9. The lowest BCUT2D eigenvalue weighted by atomic mass is 10.1. The van der Waals surface area contributed by atoms with Gasteiger partial charge < -0.3 is 8.85 Å². The Morgan fingerprint density at radius 1 is 1.36 bits per heavy atom. The Morgan fingerprint density at radius 2 is 1.93 bits per heavy atom. The van der Waals surface area contributed by atoms with Crippen molar-refractivity contribution in [3.63, 3.8) is 0 Å². The van der Waals surface area contributed by atoms with Crippen LogP contribution in [-0.4, -0.2) is 21.3 Å². The van der Waals surface area contributed by atoms with Crippen molar-refractivity contribution in [1.29, 1.82) is 0 Å². The van der Waals surface area contributed by atoms with Crippen LogP contribution in [0.3, 0.4) is 0 Å². The van der Waals surface area contributed by atoms with Gasteiger partial charge in [-0.25, -0.2) is 0 Å². The van der Waals surface area contributed by atoms with E-state index < -0.39 is 8.56 Å². The molecule has 0 N–H and O–H groups in total. The summed E-state index contributed by atoms with van der Waals surface area (Å²) in [6.07, 6.45) is 1.32. The maximum Gasteiger partial charge on any atom is 0.361 e. The predicted molar refractivity (Wildman–Crippen MR) is 63.4 cm³/mol. The van der Waals surface area contributed by atoms with Crippen LogP contribution in [0.4, 0.5) is 0 Å². The second-order valence-corrected chi connectivity index (χ2v) is 6.93. The number of rotatable bonds is 7. The van der Waals surface area contributed by atoms with Gasteiger partial charge in [-0.05, 0) is 31.5 Å². The molecule has 0 aromatic carbocycles. The molecule has 0 aromatic rings. The molecule has 0 amide bonds. The molecule has 0 aliphatic rings. The molecule has 2 atom stereocenters. The Labute approximate surface area is 89.6 Å². The molecular formula is C11H24O2Si. The Kier molecular flexibility index (Phi) is 6.32. The van der Waals surface area contributed by atoms with Crippen LogP contribution in [0.1, 0.15) is 34.1 Å². The van der Waals surface area contributed by atoms with Gasteiger partial charge in [-0.15, -0.1) is 6.58 Å². The zero-order valence-corrected chi connectivity index (χ0v) is 11.2. The van der Waals surface area contributed by atoms with Gasteiger partial charge in [0.25, 0.3) is 0 Å². The summed E-state index contributed by atoms with van der Waals surface area (Å²) >= 11 is 0. The lowest BCUT2D eigenvalue weighted by Gasteiger charge is -2.30. The fraction of sp³-hybridized carbons (Fsp3) is 0.818. The molecule has 14 heavy (non-hydrogen) atoms. The summed E-state index contributed by atoms with van der Waals surface area (Å²) in [5.74, 6) is 0.534. The molecule has 0 spiro atoms. The fourth-order valence-corrected chi connectivity index (χ4v) is 3.31. The molecule has 0 bridgehead atoms. The van der Waals surface area contributed by atoms with Crippen molar-refractivity contribution >= 4 is 8.56 Å². The van der Waals surface area contributed by atoms with Gasteiger partial charge in [0.15, 0.2) is 0 Å². The van der Waals surface area contributed by atoms with Crippen molar-refractivity contribution in [3.05, 3.63) is 12.3 Å². The molecule has 0 heterocycles. The lowest BCUT2D eigenvalue weighted by Crippen LogP contribution is -2.42. The zero-order chi connectivity index (χ0) is 11.2. The summed E-state index contributed by atoms with van der Waals surface area (Å²) in [7, 11) is -2.11. The van der Waals surface area contributed by atoms with Crippen LogP contribution in [0.15, 0.2) is 12.3 Å². The molecule has 84 valence electrons. The van der Waals surface area contributed by atoms with E-state index >= 15 is 0 Å². The topological polar surface area (TPSA) is 18.5 Å². The average Bonchev–Trinajstić information content (AvgIpc) is 2.14. The van der Waals surface area contributed by atoms with Crippen molar-refractivity contribution < 1.29 is 8.85 Å². The summed E-state index contributed by atoms with van der Waals surface area (Å²) in [4.78, 5) is 0. The molecule has 3 heteroatoms. The lowest BCUT2D eigenvalue weighted by molar-refractivity contribution is 0.0923. The summed E-state index contributed by atoms with van der Waals surface area (Å²) in [5, 5.41) is 0. The van der Waals surface area contributed by atoms with E-state index in [0.29, 0.717) is 12.5 Å². The van der Waals surface area contributed by atoms with E-state index in [2.05, 4.69) is 33.9 Å². The van der Waals surface area contributed by atoms with Gasteiger partial charge in [0, 0.05) is 12.7 Å². The summed E-state index contributed by atoms with van der Waals surface area (Å²) in [6, 6.07) is 0. The van der Waals surface area contributed by atoms with Gasteiger partial charge in [0.1, 0.15) is 0 Å². The van der Waals surface area contributed by atoms with Gasteiger partial charge in [-0.1, -0.05) is 20.8 Å². The molecule has 0 fully saturated rings. The molecule has 0 aliphatic heterocycles. The Bertz CT molecular complexity index is 171. The molecule has 2 nitrogen and oxygen atoms in total. The Morgan fingerprint density at radius 3 is 2.21 bits per heavy atom. The normalized spacial score (nSPS) is 17.9. The third kappa shape index (κ3) is 4.40. The van der Waals surface area contributed by atoms with Gasteiger partial charge >= 0.3 is 8.56 Å². The van der Waals surface area contributed by atoms with Crippen molar-refractivity contribution in [2.45, 2.75) is 46.8 Å². The van der Waals surface area contributed by atoms with Crippen LogP contribution in [0.2, 0.25) is 6.55 Å². The third-order valence-corrected chi connectivity index (χ3v) is 4.71. The van der Waals surface area contributed by atoms with Crippen LogP contribution in [-0.2, 0) is 8.85 Å². The van der Waals surface area contributed by atoms with E-state index in [9.17, 15) is 0 Å². The highest BCUT2D eigenvalue weighted by Gasteiger charge is 2.31. The standard InChI is InChI=1S/C11H24O2Si/c1-7-11(10(4)5)13-14(6,9-3)12-8-2/h9-11H,3,7-8H2,1-2,4-6H3. The van der Waals surface area contributed by atoms with Gasteiger partial charge in [-0.3, -0.25) is 0 Å². The van der Waals surface area contributed by atoms with Crippen molar-refractivity contribution in [2.75, 3.05) is 6.61 Å². The minimum atomic E-state index is -2.11. The van der Waals surface area contributed by atoms with Crippen LogP contribution < -0.4 is 0 Å². The minimum Gasteiger partial charge on any atom is -0.392 e. The Hall–Kier alpha value is -0.123. The summed E-state index contributed by atoms with van der Waals surface area (Å²) in [5.41, 5.74) is 1.86. The van der Waals surface area contributed by atoms with Crippen molar-refractivity contribution in [3.8, 4) is 0 Å². The molecule has 0 saturated heterocycles. The fourth-order valence-electron chi connectivity index (χ4n) is 1.42. The third-order valence-electron chi connectivity index (χ3n) is 2.33. The SMILES string of the molecule is C=C[Si](C)(OCC)OC(CC)C(C)C. The zero-order valence-electron chi connectivity index (χ0n) is 10.2. The predicted octanol–water partition coefficient (Wildman–Crippen LogP) is 3.27. The van der Waals surface area contributed by atoms with E-state index in [-0.39, 0.29) is 6.10 Å². The van der Waals surface area contributed by atoms with Gasteiger partial charge in [0.2, 0.25) is 0 Å². The summed E-state index contributed by atoms with van der Waals surface area (Å²) in [6.45, 7) is 15.1. The maximum atomic E-state index is 6.04. The van der Waals surface area contributed by atoms with Crippen LogP contribution >= 0.6 is 0 Å². The maximum absolute atomic E-state index is 6.04. The van der Waals surface area contributed by atoms with Crippen LogP contribution in [0, 0.1) is 5.92 Å². The highest BCUT2D eigenvalue weighted by molar-refractivity contribution is 6.71. The minimum absolute atomic E-state index is 0.288. The second kappa shape index (κ2) is 6.38. The average molecular weight is 216 g/mol. The second-order valence-electron chi connectivity index (χ2n) is 3.96. The van der Waals surface area contributed by atoms with Crippen molar-refractivity contribution in [2.24, 2.45) is 5.92 Å². The smallest absolute Gasteiger partial charge is 0.361 e. The van der Waals surface area contributed by atoms with E-state index in [4.69, 9.17) is 8.85 Å². The first-order chi connectivity index (χ1) is 6.49. The quantitative estimate of drug-likeness (QED) is 0.608. The number of hydrogen-bond donors (Lipinski definition) is 0. The summed E-state index contributed by atoms with van der Waals surface area (Å²) < 4.78 is 11.7. The van der Waals surface area contributed by atoms with E-state index in [1.54, 1.807) is 0 Å².